The van der Waals surface area contributed by atoms with Gasteiger partial charge >= 0.3 is 0 Å². The topological polar surface area (TPSA) is 62.3 Å². The third kappa shape index (κ3) is 4.89. The van der Waals surface area contributed by atoms with Crippen LogP contribution in [0.25, 0.3) is 0 Å². The van der Waals surface area contributed by atoms with E-state index < -0.39 is 0 Å². The second-order valence-electron chi connectivity index (χ2n) is 6.34. The molecule has 3 rings (SSSR count). The Bertz CT molecular complexity index is 765. The number of benzene rings is 1. The number of carbonyl (C=O) groups is 2. The Kier molecular flexibility index (Phi) is 5.54. The molecule has 0 bridgehead atoms. The van der Waals surface area contributed by atoms with E-state index in [9.17, 15) is 9.59 Å². The number of hydrogen-bond acceptors (Lipinski definition) is 4. The lowest BCUT2D eigenvalue weighted by Gasteiger charge is -2.22. The Morgan fingerprint density at radius 2 is 1.96 bits per heavy atom. The van der Waals surface area contributed by atoms with Gasteiger partial charge < -0.3 is 10.2 Å². The van der Waals surface area contributed by atoms with Gasteiger partial charge in [-0.2, -0.15) is 0 Å². The van der Waals surface area contributed by atoms with E-state index in [4.69, 9.17) is 0 Å². The maximum atomic E-state index is 12.8. The predicted octanol–water partition coefficient (Wildman–Crippen LogP) is 4.01. The van der Waals surface area contributed by atoms with E-state index in [0.29, 0.717) is 23.2 Å². The minimum Gasteiger partial charge on any atom is -0.329 e. The van der Waals surface area contributed by atoms with Gasteiger partial charge in [0.25, 0.3) is 5.91 Å². The quantitative estimate of drug-likeness (QED) is 0.765. The molecule has 0 unspecified atom stereocenters. The smallest absolute Gasteiger partial charge is 0.254 e. The van der Waals surface area contributed by atoms with E-state index in [1.807, 2.05) is 26.0 Å². The van der Waals surface area contributed by atoms with Crippen molar-refractivity contribution in [3.63, 3.8) is 0 Å². The fourth-order valence-electron chi connectivity index (χ4n) is 2.46. The number of nitrogens with zero attached hydrogens (tertiary/aromatic N) is 2. The van der Waals surface area contributed by atoms with Crippen LogP contribution < -0.4 is 5.32 Å². The number of rotatable bonds is 6. The van der Waals surface area contributed by atoms with Crippen molar-refractivity contribution < 1.29 is 9.59 Å². The number of hydrogen-bond donors (Lipinski definition) is 1. The summed E-state index contributed by atoms with van der Waals surface area (Å²) in [6, 6.07) is 7.23. The van der Waals surface area contributed by atoms with Crippen molar-refractivity contribution in [3.8, 4) is 0 Å². The fraction of sp³-hybridized carbons (Fsp3) is 0.389. The van der Waals surface area contributed by atoms with Gasteiger partial charge in [-0.15, -0.1) is 11.3 Å². The van der Waals surface area contributed by atoms with Gasteiger partial charge in [0.2, 0.25) is 5.91 Å². The number of anilines is 1. The molecule has 2 amide bonds. The molecular formula is C18H20BrN3O2S. The number of halogens is 1. The summed E-state index contributed by atoms with van der Waals surface area (Å²) in [4.78, 5) is 32.2. The van der Waals surface area contributed by atoms with Crippen LogP contribution >= 0.6 is 27.3 Å². The highest BCUT2D eigenvalue weighted by Crippen LogP contribution is 2.30. The Morgan fingerprint density at radius 3 is 2.52 bits per heavy atom. The number of thiazole rings is 1. The molecule has 1 N–H and O–H groups in total. The summed E-state index contributed by atoms with van der Waals surface area (Å²) in [5.41, 5.74) is 1.51. The van der Waals surface area contributed by atoms with Gasteiger partial charge in [-0.25, -0.2) is 4.98 Å². The molecule has 0 saturated heterocycles. The fourth-order valence-corrected chi connectivity index (χ4v) is 3.56. The van der Waals surface area contributed by atoms with Gasteiger partial charge in [0.15, 0.2) is 5.13 Å². The summed E-state index contributed by atoms with van der Waals surface area (Å²) in [6.07, 6.45) is 2.24. The van der Waals surface area contributed by atoms with Crippen LogP contribution in [0.1, 0.15) is 33.8 Å². The van der Waals surface area contributed by atoms with Crippen LogP contribution in [-0.4, -0.2) is 34.8 Å². The number of amides is 2. The summed E-state index contributed by atoms with van der Waals surface area (Å²) in [5.74, 6) is 0.192. The highest BCUT2D eigenvalue weighted by molar-refractivity contribution is 9.10. The van der Waals surface area contributed by atoms with E-state index in [-0.39, 0.29) is 18.4 Å². The van der Waals surface area contributed by atoms with E-state index in [2.05, 4.69) is 26.2 Å². The van der Waals surface area contributed by atoms with Crippen molar-refractivity contribution >= 4 is 44.2 Å². The molecule has 1 aromatic heterocycles. The average molecular weight is 422 g/mol. The molecule has 1 saturated carbocycles. The maximum Gasteiger partial charge on any atom is 0.254 e. The zero-order valence-corrected chi connectivity index (χ0v) is 16.6. The van der Waals surface area contributed by atoms with Crippen LogP contribution in [-0.2, 0) is 4.79 Å². The first-order valence-electron chi connectivity index (χ1n) is 8.21. The van der Waals surface area contributed by atoms with Crippen LogP contribution in [0.4, 0.5) is 5.13 Å². The molecule has 1 fully saturated rings. The molecule has 0 radical (unpaired) electrons. The molecular weight excluding hydrogens is 402 g/mol. The summed E-state index contributed by atoms with van der Waals surface area (Å²) < 4.78 is 0.921. The minimum atomic E-state index is -0.208. The Hall–Kier alpha value is -1.73. The zero-order valence-electron chi connectivity index (χ0n) is 14.2. The van der Waals surface area contributed by atoms with Gasteiger partial charge in [0.05, 0.1) is 5.69 Å². The maximum absolute atomic E-state index is 12.8. The minimum absolute atomic E-state index is 0.0447. The van der Waals surface area contributed by atoms with Gasteiger partial charge in [-0.05, 0) is 56.9 Å². The number of nitrogens with one attached hydrogen (secondary N) is 1. The van der Waals surface area contributed by atoms with Crippen LogP contribution in [0.15, 0.2) is 28.7 Å². The van der Waals surface area contributed by atoms with Crippen molar-refractivity contribution in [2.24, 2.45) is 5.92 Å². The zero-order chi connectivity index (χ0) is 18.0. The van der Waals surface area contributed by atoms with E-state index in [1.165, 1.54) is 11.3 Å². The summed E-state index contributed by atoms with van der Waals surface area (Å²) >= 11 is 4.82. The molecule has 0 aliphatic heterocycles. The second-order valence-corrected chi connectivity index (χ2v) is 8.46. The lowest BCUT2D eigenvalue weighted by atomic mass is 10.2. The summed E-state index contributed by atoms with van der Waals surface area (Å²) in [7, 11) is 0. The predicted molar refractivity (Wildman–Crippen MR) is 103 cm³/mol. The standard InChI is InChI=1S/C18H20BrN3O2S/c1-11-12(2)25-18(20-11)21-16(23)10-22(9-13-3-4-13)17(24)14-5-7-15(19)8-6-14/h5-8,13H,3-4,9-10H2,1-2H3,(H,20,21,23). The molecule has 0 spiro atoms. The van der Waals surface area contributed by atoms with Crippen LogP contribution in [0.5, 0.6) is 0 Å². The molecule has 2 aromatic rings. The molecule has 5 nitrogen and oxygen atoms in total. The number of aromatic nitrogens is 1. The molecule has 1 aliphatic carbocycles. The molecule has 0 atom stereocenters. The molecule has 1 aliphatic rings. The molecule has 1 heterocycles. The average Bonchev–Trinajstić information content (AvgIpc) is 3.32. The highest BCUT2D eigenvalue weighted by atomic mass is 79.9. The highest BCUT2D eigenvalue weighted by Gasteiger charge is 2.28. The number of carbonyl (C=O) groups excluding carboxylic acids is 2. The molecule has 25 heavy (non-hydrogen) atoms. The largest absolute Gasteiger partial charge is 0.329 e. The van der Waals surface area contributed by atoms with E-state index in [1.54, 1.807) is 17.0 Å². The van der Waals surface area contributed by atoms with Gasteiger partial charge in [0.1, 0.15) is 6.54 Å². The van der Waals surface area contributed by atoms with Crippen molar-refractivity contribution in [1.82, 2.24) is 9.88 Å². The summed E-state index contributed by atoms with van der Waals surface area (Å²) in [5, 5.41) is 3.40. The van der Waals surface area contributed by atoms with Crippen molar-refractivity contribution in [3.05, 3.63) is 44.9 Å². The Labute approximate surface area is 159 Å². The lowest BCUT2D eigenvalue weighted by Crippen LogP contribution is -2.39. The van der Waals surface area contributed by atoms with Gasteiger partial charge in [-0.1, -0.05) is 15.9 Å². The Balaban J connectivity index is 1.68. The van der Waals surface area contributed by atoms with E-state index >= 15 is 0 Å². The molecule has 132 valence electrons. The van der Waals surface area contributed by atoms with Crippen LogP contribution in [0.2, 0.25) is 0 Å². The van der Waals surface area contributed by atoms with Crippen molar-refractivity contribution in [2.45, 2.75) is 26.7 Å². The normalized spacial score (nSPS) is 13.6. The van der Waals surface area contributed by atoms with Crippen molar-refractivity contribution in [1.29, 1.82) is 0 Å². The Morgan fingerprint density at radius 1 is 1.28 bits per heavy atom. The monoisotopic (exact) mass is 421 g/mol. The first kappa shape index (κ1) is 18.1. The van der Waals surface area contributed by atoms with Crippen LogP contribution in [0.3, 0.4) is 0 Å². The van der Waals surface area contributed by atoms with Gasteiger partial charge in [0, 0.05) is 21.5 Å². The first-order valence-corrected chi connectivity index (χ1v) is 9.82. The van der Waals surface area contributed by atoms with Gasteiger partial charge in [-0.3, -0.25) is 9.59 Å². The SMILES string of the molecule is Cc1nc(NC(=O)CN(CC2CC2)C(=O)c2ccc(Br)cc2)sc1C. The third-order valence-corrected chi connectivity index (χ3v) is 5.68. The number of aryl methyl sites for hydroxylation is 2. The molecule has 1 aromatic carbocycles. The van der Waals surface area contributed by atoms with E-state index in [0.717, 1.165) is 27.9 Å². The van der Waals surface area contributed by atoms with Crippen molar-refractivity contribution in [2.75, 3.05) is 18.4 Å². The third-order valence-electron chi connectivity index (χ3n) is 4.16. The first-order chi connectivity index (χ1) is 11.9. The second kappa shape index (κ2) is 7.66. The lowest BCUT2D eigenvalue weighted by molar-refractivity contribution is -0.116. The van der Waals surface area contributed by atoms with Crippen LogP contribution in [0, 0.1) is 19.8 Å². The molecule has 7 heteroatoms. The summed E-state index contributed by atoms with van der Waals surface area (Å²) in [6.45, 7) is 4.55.